The van der Waals surface area contributed by atoms with E-state index in [1.165, 1.54) is 64.2 Å². The predicted molar refractivity (Wildman–Crippen MR) is 114 cm³/mol. The normalized spacial score (nSPS) is 49.1. The van der Waals surface area contributed by atoms with E-state index in [0.29, 0.717) is 10.8 Å². The second-order valence-electron chi connectivity index (χ2n) is 10.8. The Morgan fingerprint density at radius 1 is 1.00 bits per heavy atom. The van der Waals surface area contributed by atoms with Gasteiger partial charge in [0.05, 0.1) is 18.6 Å². The average Bonchev–Trinajstić information content (AvgIpc) is 3.00. The zero-order valence-corrected chi connectivity index (χ0v) is 18.6. The Morgan fingerprint density at radius 2 is 1.81 bits per heavy atom. The maximum atomic E-state index is 10.5. The molecule has 0 aromatic rings. The monoisotopic (exact) mass is 392 g/mol. The van der Waals surface area contributed by atoms with E-state index >= 15 is 0 Å². The van der Waals surface area contributed by atoms with Crippen LogP contribution in [0.1, 0.15) is 91.4 Å². The Labute approximate surface area is 171 Å². The van der Waals surface area contributed by atoms with E-state index < -0.39 is 0 Å². The lowest BCUT2D eigenvalue weighted by Crippen LogP contribution is -2.55. The molecule has 4 rings (SSSR count). The summed E-state index contributed by atoms with van der Waals surface area (Å²) in [4.78, 5) is 10.5. The summed E-state index contributed by atoms with van der Waals surface area (Å²) in [5.74, 6) is 5.69. The van der Waals surface area contributed by atoms with E-state index in [4.69, 9.17) is 4.18 Å². The summed E-state index contributed by atoms with van der Waals surface area (Å²) in [5.41, 5.74) is 1.95. The lowest BCUT2D eigenvalue weighted by Gasteiger charge is -2.62. The van der Waals surface area contributed by atoms with Crippen LogP contribution in [0.4, 0.5) is 0 Å². The van der Waals surface area contributed by atoms with Crippen molar-refractivity contribution in [2.75, 3.05) is 6.61 Å². The molecule has 0 radical (unpaired) electrons. The zero-order chi connectivity index (χ0) is 19.1. The summed E-state index contributed by atoms with van der Waals surface area (Å²) in [6.07, 6.45) is 15.8. The SMILES string of the molecule is CC[C@H]1CC2C(CCC3(C)C(CCOSC=O)CC[C@@H]23)C2(C)CCCCC12. The number of rotatable bonds is 6. The van der Waals surface area contributed by atoms with Gasteiger partial charge in [0, 0.05) is 0 Å². The first kappa shape index (κ1) is 20.3. The third-order valence-electron chi connectivity index (χ3n) is 10.1. The van der Waals surface area contributed by atoms with E-state index in [-0.39, 0.29) is 0 Å². The molecule has 0 saturated heterocycles. The van der Waals surface area contributed by atoms with Gasteiger partial charge in [-0.25, -0.2) is 0 Å². The van der Waals surface area contributed by atoms with Crippen LogP contribution in [0.15, 0.2) is 0 Å². The smallest absolute Gasteiger partial charge is 0.202 e. The van der Waals surface area contributed by atoms with Crippen molar-refractivity contribution in [2.45, 2.75) is 91.4 Å². The number of carbonyl (C=O) groups excluding carboxylic acids is 1. The van der Waals surface area contributed by atoms with Crippen LogP contribution in [0, 0.1) is 46.3 Å². The van der Waals surface area contributed by atoms with Crippen LogP contribution in [0.5, 0.6) is 0 Å². The van der Waals surface area contributed by atoms with Gasteiger partial charge in [-0.15, -0.1) is 0 Å². The standard InChI is InChI=1S/C24H40O2S/c1-4-17-15-19-21-9-8-18(11-14-26-27-16-25)23(21,2)13-10-22(19)24(3)12-6-5-7-20(17)24/h16-22H,4-15H2,1-3H3/t17-,18?,19?,20?,21-,22?,23?,24?/m0/s1. The maximum Gasteiger partial charge on any atom is 0.202 e. The molecule has 2 nitrogen and oxygen atoms in total. The van der Waals surface area contributed by atoms with Gasteiger partial charge in [0.25, 0.3) is 0 Å². The summed E-state index contributed by atoms with van der Waals surface area (Å²) in [5, 5.41) is 0. The number of fused-ring (bicyclic) bond motifs is 5. The fraction of sp³-hybridized carbons (Fsp3) is 0.958. The quantitative estimate of drug-likeness (QED) is 0.279. The van der Waals surface area contributed by atoms with E-state index in [2.05, 4.69) is 20.8 Å². The van der Waals surface area contributed by atoms with Gasteiger partial charge in [-0.2, -0.15) is 0 Å². The summed E-state index contributed by atoms with van der Waals surface area (Å²) >= 11 is 0.973. The van der Waals surface area contributed by atoms with Crippen LogP contribution in [-0.4, -0.2) is 12.2 Å². The molecule has 0 N–H and O–H groups in total. The van der Waals surface area contributed by atoms with Crippen molar-refractivity contribution >= 4 is 17.7 Å². The van der Waals surface area contributed by atoms with E-state index in [0.717, 1.165) is 66.2 Å². The number of hydrogen-bond donors (Lipinski definition) is 0. The Balaban J connectivity index is 1.52. The number of hydrogen-bond acceptors (Lipinski definition) is 3. The minimum absolute atomic E-state index is 0.520. The van der Waals surface area contributed by atoms with Gasteiger partial charge >= 0.3 is 0 Å². The molecule has 0 amide bonds. The Morgan fingerprint density at radius 3 is 2.59 bits per heavy atom. The molecule has 4 fully saturated rings. The van der Waals surface area contributed by atoms with Crippen molar-refractivity contribution in [2.24, 2.45) is 46.3 Å². The Hall–Kier alpha value is -0.0200. The van der Waals surface area contributed by atoms with Crippen LogP contribution in [-0.2, 0) is 8.98 Å². The second-order valence-corrected chi connectivity index (χ2v) is 11.4. The highest BCUT2D eigenvalue weighted by atomic mass is 32.2. The minimum atomic E-state index is 0.520. The highest BCUT2D eigenvalue weighted by Crippen LogP contribution is 2.69. The van der Waals surface area contributed by atoms with Crippen LogP contribution < -0.4 is 0 Å². The molecule has 0 heterocycles. The van der Waals surface area contributed by atoms with Gasteiger partial charge in [-0.3, -0.25) is 4.79 Å². The van der Waals surface area contributed by atoms with Gasteiger partial charge in [0.15, 0.2) is 0 Å². The molecule has 4 aliphatic rings. The molecule has 8 atom stereocenters. The van der Waals surface area contributed by atoms with E-state index in [1.54, 1.807) is 0 Å². The minimum Gasteiger partial charge on any atom is -0.308 e. The van der Waals surface area contributed by atoms with Crippen LogP contribution >= 0.6 is 12.0 Å². The third-order valence-corrected chi connectivity index (χ3v) is 10.5. The van der Waals surface area contributed by atoms with Crippen LogP contribution in [0.3, 0.4) is 0 Å². The second kappa shape index (κ2) is 8.01. The van der Waals surface area contributed by atoms with Crippen molar-refractivity contribution in [3.05, 3.63) is 0 Å². The molecule has 0 aromatic carbocycles. The average molecular weight is 393 g/mol. The molecule has 6 unspecified atom stereocenters. The summed E-state index contributed by atoms with van der Waals surface area (Å²) in [6.45, 7) is 8.52. The lowest BCUT2D eigenvalue weighted by molar-refractivity contribution is -0.136. The first-order valence-corrected chi connectivity index (χ1v) is 12.6. The van der Waals surface area contributed by atoms with Crippen molar-refractivity contribution < 1.29 is 8.98 Å². The zero-order valence-electron chi connectivity index (χ0n) is 17.8. The maximum absolute atomic E-state index is 10.5. The molecule has 0 aliphatic heterocycles. The largest absolute Gasteiger partial charge is 0.308 e. The van der Waals surface area contributed by atoms with Gasteiger partial charge < -0.3 is 4.18 Å². The van der Waals surface area contributed by atoms with E-state index in [1.807, 2.05) is 0 Å². The summed E-state index contributed by atoms with van der Waals surface area (Å²) in [7, 11) is 0. The van der Waals surface area contributed by atoms with Crippen LogP contribution in [0.2, 0.25) is 0 Å². The van der Waals surface area contributed by atoms with Gasteiger partial charge in [0.2, 0.25) is 5.62 Å². The van der Waals surface area contributed by atoms with E-state index in [9.17, 15) is 4.79 Å². The Bertz CT molecular complexity index is 536. The van der Waals surface area contributed by atoms with Gasteiger partial charge in [-0.05, 0) is 97.7 Å². The van der Waals surface area contributed by atoms with Gasteiger partial charge in [-0.1, -0.05) is 40.0 Å². The molecule has 0 bridgehead atoms. The van der Waals surface area contributed by atoms with Crippen molar-refractivity contribution in [3.63, 3.8) is 0 Å². The molecular weight excluding hydrogens is 352 g/mol. The molecule has 0 spiro atoms. The Kier molecular flexibility index (Phi) is 6.01. The predicted octanol–water partition coefficient (Wildman–Crippen LogP) is 6.92. The third kappa shape index (κ3) is 3.33. The molecule has 4 saturated carbocycles. The first-order valence-electron chi connectivity index (χ1n) is 11.8. The highest BCUT2D eigenvalue weighted by molar-refractivity contribution is 8.07. The molecule has 4 aliphatic carbocycles. The van der Waals surface area contributed by atoms with Crippen LogP contribution in [0.25, 0.3) is 0 Å². The van der Waals surface area contributed by atoms with Gasteiger partial charge in [0.1, 0.15) is 0 Å². The first-order chi connectivity index (χ1) is 13.0. The number of carbonyl (C=O) groups is 1. The molecule has 0 aromatic heterocycles. The molecule has 27 heavy (non-hydrogen) atoms. The summed E-state index contributed by atoms with van der Waals surface area (Å²) in [6, 6.07) is 0. The highest BCUT2D eigenvalue weighted by Gasteiger charge is 2.60. The molecular formula is C24H40O2S. The lowest BCUT2D eigenvalue weighted by atomic mass is 9.42. The molecule has 154 valence electrons. The fourth-order valence-corrected chi connectivity index (χ4v) is 9.12. The van der Waals surface area contributed by atoms with Crippen molar-refractivity contribution in [3.8, 4) is 0 Å². The topological polar surface area (TPSA) is 26.3 Å². The summed E-state index contributed by atoms with van der Waals surface area (Å²) < 4.78 is 5.45. The fourth-order valence-electron chi connectivity index (χ4n) is 8.87. The molecule has 3 heteroatoms. The van der Waals surface area contributed by atoms with Crippen molar-refractivity contribution in [1.29, 1.82) is 0 Å². The van der Waals surface area contributed by atoms with Crippen molar-refractivity contribution in [1.82, 2.24) is 0 Å².